The Balaban J connectivity index is 1.20. The van der Waals surface area contributed by atoms with Gasteiger partial charge in [-0.3, -0.25) is 0 Å². The lowest BCUT2D eigenvalue weighted by Gasteiger charge is -2.41. The summed E-state index contributed by atoms with van der Waals surface area (Å²) in [6.07, 6.45) is 4.27. The average Bonchev–Trinajstić information content (AvgIpc) is 3.33. The number of aromatic nitrogens is 4. The quantitative estimate of drug-likeness (QED) is 0.480. The second kappa shape index (κ2) is 12.2. The third kappa shape index (κ3) is 7.19. The number of hydrogen-bond acceptors (Lipinski definition) is 6. The third-order valence-electron chi connectivity index (χ3n) is 8.00. The molecule has 0 radical (unpaired) electrons. The number of halogens is 1. The third-order valence-corrected chi connectivity index (χ3v) is 8.00. The first-order valence-corrected chi connectivity index (χ1v) is 13.9. The van der Waals surface area contributed by atoms with Crippen LogP contribution in [0.4, 0.5) is 14.9 Å². The predicted molar refractivity (Wildman–Crippen MR) is 150 cm³/mol. The van der Waals surface area contributed by atoms with Crippen LogP contribution in [0.2, 0.25) is 0 Å². The van der Waals surface area contributed by atoms with Gasteiger partial charge in [-0.1, -0.05) is 12.1 Å². The monoisotopic (exact) mass is 534 g/mol. The second-order valence-electron chi connectivity index (χ2n) is 11.3. The first kappa shape index (κ1) is 27.2. The maximum Gasteiger partial charge on any atom is 0.319 e. The van der Waals surface area contributed by atoms with Gasteiger partial charge < -0.3 is 20.4 Å². The van der Waals surface area contributed by atoms with E-state index in [9.17, 15) is 9.18 Å². The van der Waals surface area contributed by atoms with E-state index < -0.39 is 0 Å². The Kier molecular flexibility index (Phi) is 8.52. The molecule has 2 N–H and O–H groups in total. The zero-order chi connectivity index (χ0) is 27.4. The van der Waals surface area contributed by atoms with Gasteiger partial charge in [0.15, 0.2) is 5.82 Å². The summed E-state index contributed by atoms with van der Waals surface area (Å²) in [7, 11) is 3.96. The second-order valence-corrected chi connectivity index (χ2v) is 11.3. The van der Waals surface area contributed by atoms with E-state index in [1.54, 1.807) is 23.9 Å². The Labute approximate surface area is 229 Å². The minimum absolute atomic E-state index is 0.103. The molecule has 0 saturated carbocycles. The highest BCUT2D eigenvalue weighted by molar-refractivity contribution is 5.90. The molecule has 10 heteroatoms. The van der Waals surface area contributed by atoms with Crippen LogP contribution in [0.25, 0.3) is 11.4 Å². The average molecular weight is 535 g/mol. The van der Waals surface area contributed by atoms with E-state index in [0.29, 0.717) is 17.7 Å². The van der Waals surface area contributed by atoms with Gasteiger partial charge in [-0.05, 0) is 111 Å². The van der Waals surface area contributed by atoms with E-state index in [1.165, 1.54) is 18.4 Å². The minimum atomic E-state index is -0.185. The summed E-state index contributed by atoms with van der Waals surface area (Å²) in [5.41, 5.74) is 3.79. The topological polar surface area (TPSA) is 91.2 Å². The Morgan fingerprint density at radius 1 is 1.08 bits per heavy atom. The molecule has 0 aliphatic carbocycles. The lowest BCUT2D eigenvalue weighted by Crippen LogP contribution is -2.55. The lowest BCUT2D eigenvalue weighted by molar-refractivity contribution is 0.0958. The van der Waals surface area contributed by atoms with E-state index in [1.807, 2.05) is 37.3 Å². The van der Waals surface area contributed by atoms with Crippen molar-refractivity contribution < 1.29 is 9.18 Å². The summed E-state index contributed by atoms with van der Waals surface area (Å²) in [6.45, 7) is 7.00. The number of carbonyl (C=O) groups excluding carboxylic acids is 1. The molecule has 39 heavy (non-hydrogen) atoms. The zero-order valence-corrected chi connectivity index (χ0v) is 23.1. The van der Waals surface area contributed by atoms with Crippen molar-refractivity contribution in [2.75, 3.05) is 45.1 Å². The predicted octanol–water partition coefficient (Wildman–Crippen LogP) is 3.72. The van der Waals surface area contributed by atoms with E-state index in [4.69, 9.17) is 0 Å². The van der Waals surface area contributed by atoms with Gasteiger partial charge >= 0.3 is 6.03 Å². The molecular formula is C29H39FN8O. The van der Waals surface area contributed by atoms with E-state index in [-0.39, 0.29) is 17.9 Å². The molecule has 0 spiro atoms. The van der Waals surface area contributed by atoms with Crippen molar-refractivity contribution >= 4 is 11.7 Å². The van der Waals surface area contributed by atoms with Crippen LogP contribution in [0.3, 0.4) is 0 Å². The van der Waals surface area contributed by atoms with Crippen molar-refractivity contribution in [3.63, 3.8) is 0 Å². The maximum atomic E-state index is 13.3. The number of tetrazole rings is 1. The number of aryl methyl sites for hydroxylation is 2. The summed E-state index contributed by atoms with van der Waals surface area (Å²) in [4.78, 5) is 18.1. The summed E-state index contributed by atoms with van der Waals surface area (Å²) >= 11 is 0. The van der Waals surface area contributed by atoms with Crippen LogP contribution in [0, 0.1) is 24.6 Å². The van der Waals surface area contributed by atoms with Crippen LogP contribution < -0.4 is 10.6 Å². The van der Waals surface area contributed by atoms with Crippen LogP contribution in [-0.4, -0.2) is 81.9 Å². The highest BCUT2D eigenvalue weighted by atomic mass is 19.1. The molecule has 2 aliphatic heterocycles. The van der Waals surface area contributed by atoms with Gasteiger partial charge in [0.1, 0.15) is 5.82 Å². The number of nitrogens with zero attached hydrogens (tertiary/aromatic N) is 6. The number of nitrogens with one attached hydrogen (secondary N) is 2. The number of amides is 2. The van der Waals surface area contributed by atoms with Crippen LogP contribution in [0.15, 0.2) is 42.5 Å². The van der Waals surface area contributed by atoms with Gasteiger partial charge in [-0.2, -0.15) is 0 Å². The maximum absolute atomic E-state index is 13.3. The first-order chi connectivity index (χ1) is 18.8. The standard InChI is InChI=1S/C29H39FN8O/c1-20-13-23(28-33-34-35-37(28)3)16-26(14-20)31-29(39)32-27-10-12-36(2)18-24(27)19-38-11-4-5-22(17-38)15-21-6-8-25(30)9-7-21/h6-9,13-14,16,22,24,27H,4-5,10-12,15,17-19H2,1-3H3,(H2,31,32,39)/t22-,24-,27+/m0/s1. The fraction of sp³-hybridized carbons (Fsp3) is 0.517. The molecule has 0 bridgehead atoms. The summed E-state index contributed by atoms with van der Waals surface area (Å²) in [5, 5.41) is 18.1. The van der Waals surface area contributed by atoms with Gasteiger partial charge in [-0.15, -0.1) is 5.10 Å². The molecule has 2 amide bonds. The molecule has 2 saturated heterocycles. The highest BCUT2D eigenvalue weighted by Crippen LogP contribution is 2.25. The van der Waals surface area contributed by atoms with E-state index in [2.05, 4.69) is 43.0 Å². The van der Waals surface area contributed by atoms with Crippen molar-refractivity contribution in [2.45, 2.75) is 38.6 Å². The smallest absolute Gasteiger partial charge is 0.319 e. The Hall–Kier alpha value is -3.37. The Morgan fingerprint density at radius 2 is 1.90 bits per heavy atom. The fourth-order valence-corrected chi connectivity index (χ4v) is 6.15. The fourth-order valence-electron chi connectivity index (χ4n) is 6.15. The van der Waals surface area contributed by atoms with Crippen molar-refractivity contribution in [2.24, 2.45) is 18.9 Å². The molecule has 2 fully saturated rings. The van der Waals surface area contributed by atoms with Crippen LogP contribution in [0.5, 0.6) is 0 Å². The number of piperidine rings is 2. The number of urea groups is 1. The summed E-state index contributed by atoms with van der Waals surface area (Å²) in [5.74, 6) is 1.38. The number of hydrogen-bond donors (Lipinski definition) is 2. The number of anilines is 1. The van der Waals surface area contributed by atoms with Crippen molar-refractivity contribution in [3.8, 4) is 11.4 Å². The molecule has 9 nitrogen and oxygen atoms in total. The minimum Gasteiger partial charge on any atom is -0.335 e. The normalized spacial score (nSPS) is 22.5. The molecule has 1 aromatic heterocycles. The van der Waals surface area contributed by atoms with Crippen molar-refractivity contribution in [1.82, 2.24) is 35.3 Å². The van der Waals surface area contributed by atoms with Gasteiger partial charge in [0.25, 0.3) is 0 Å². The molecule has 208 valence electrons. The molecule has 2 aromatic carbocycles. The molecule has 3 atom stereocenters. The van der Waals surface area contributed by atoms with Gasteiger partial charge in [0, 0.05) is 49.9 Å². The Morgan fingerprint density at radius 3 is 2.67 bits per heavy atom. The molecule has 5 rings (SSSR count). The lowest BCUT2D eigenvalue weighted by atomic mass is 9.88. The van der Waals surface area contributed by atoms with E-state index >= 15 is 0 Å². The van der Waals surface area contributed by atoms with Crippen LogP contribution in [0.1, 0.15) is 30.4 Å². The Bertz CT molecular complexity index is 1260. The number of carbonyl (C=O) groups is 1. The molecule has 0 unspecified atom stereocenters. The number of benzene rings is 2. The van der Waals surface area contributed by atoms with Gasteiger partial charge in [0.05, 0.1) is 0 Å². The van der Waals surface area contributed by atoms with Gasteiger partial charge in [-0.25, -0.2) is 13.9 Å². The molecule has 3 aromatic rings. The van der Waals surface area contributed by atoms with Crippen LogP contribution in [-0.2, 0) is 13.5 Å². The molecule has 3 heterocycles. The largest absolute Gasteiger partial charge is 0.335 e. The first-order valence-electron chi connectivity index (χ1n) is 13.9. The van der Waals surface area contributed by atoms with E-state index in [0.717, 1.165) is 62.4 Å². The SMILES string of the molecule is Cc1cc(NC(=O)N[C@@H]2CCN(C)C[C@H]2CN2CCC[C@@H](Cc3ccc(F)cc3)C2)cc(-c2nnnn2C)c1. The molecule has 2 aliphatic rings. The van der Waals surface area contributed by atoms with Crippen molar-refractivity contribution in [3.05, 3.63) is 59.4 Å². The summed E-state index contributed by atoms with van der Waals surface area (Å²) < 4.78 is 14.9. The number of rotatable bonds is 7. The van der Waals surface area contributed by atoms with Crippen LogP contribution >= 0.6 is 0 Å². The molecular weight excluding hydrogens is 495 g/mol. The number of likely N-dealkylation sites (tertiary alicyclic amines) is 2. The summed E-state index contributed by atoms with van der Waals surface area (Å²) in [6, 6.07) is 12.7. The highest BCUT2D eigenvalue weighted by Gasteiger charge is 2.32. The van der Waals surface area contributed by atoms with Crippen molar-refractivity contribution in [1.29, 1.82) is 0 Å². The zero-order valence-electron chi connectivity index (χ0n) is 23.1. The van der Waals surface area contributed by atoms with Gasteiger partial charge in [0.2, 0.25) is 0 Å².